The minimum Gasteiger partial charge on any atom is -0.473 e. The van der Waals surface area contributed by atoms with Gasteiger partial charge >= 0.3 is 0 Å². The van der Waals surface area contributed by atoms with Gasteiger partial charge in [0.25, 0.3) is 0 Å². The molecular weight excluding hydrogens is 382 g/mol. The van der Waals surface area contributed by atoms with E-state index in [0.717, 1.165) is 11.1 Å². The summed E-state index contributed by atoms with van der Waals surface area (Å²) in [4.78, 5) is 20.4. The number of aromatic nitrogens is 2. The zero-order valence-electron chi connectivity index (χ0n) is 14.7. The van der Waals surface area contributed by atoms with E-state index in [1.54, 1.807) is 12.1 Å². The van der Waals surface area contributed by atoms with Gasteiger partial charge in [-0.15, -0.1) is 0 Å². The van der Waals surface area contributed by atoms with E-state index in [-0.39, 0.29) is 19.1 Å². The molecule has 0 radical (unpaired) electrons. The van der Waals surface area contributed by atoms with Crippen LogP contribution in [0.15, 0.2) is 54.9 Å². The van der Waals surface area contributed by atoms with E-state index in [9.17, 15) is 4.79 Å². The summed E-state index contributed by atoms with van der Waals surface area (Å²) in [5, 5.41) is 3.27. The summed E-state index contributed by atoms with van der Waals surface area (Å²) >= 11 is 6.09. The molecule has 8 heteroatoms. The summed E-state index contributed by atoms with van der Waals surface area (Å²) in [6, 6.07) is 14.4. The highest BCUT2D eigenvalue weighted by Gasteiger charge is 2.14. The molecule has 28 heavy (non-hydrogen) atoms. The van der Waals surface area contributed by atoms with Crippen molar-refractivity contribution in [3.8, 4) is 17.4 Å². The number of nitrogens with one attached hydrogen (secondary N) is 1. The lowest BCUT2D eigenvalue weighted by Gasteiger charge is -2.09. The second-order valence-electron chi connectivity index (χ2n) is 6.03. The van der Waals surface area contributed by atoms with Crippen LogP contribution in [0.5, 0.6) is 17.4 Å². The maximum atomic E-state index is 12.2. The van der Waals surface area contributed by atoms with E-state index < -0.39 is 0 Å². The van der Waals surface area contributed by atoms with Gasteiger partial charge in [-0.2, -0.15) is 0 Å². The zero-order chi connectivity index (χ0) is 19.3. The standard InChI is InChI=1S/C20H16ClN3O4/c21-15-4-2-1-3-14(15)8-19(25)24-18-9-20(23-11-22-18)26-10-13-5-6-16-17(7-13)28-12-27-16/h1-7,9,11H,8,10,12H2,(H,22,23,24,25). The van der Waals surface area contributed by atoms with Crippen LogP contribution in [-0.2, 0) is 17.8 Å². The normalized spacial score (nSPS) is 11.9. The summed E-state index contributed by atoms with van der Waals surface area (Å²) in [6.45, 7) is 0.517. The number of halogens is 1. The Bertz CT molecular complexity index is 1010. The molecule has 2 aromatic carbocycles. The first kappa shape index (κ1) is 18.1. The highest BCUT2D eigenvalue weighted by Crippen LogP contribution is 2.32. The Balaban J connectivity index is 1.36. The van der Waals surface area contributed by atoms with Gasteiger partial charge in [0.05, 0.1) is 6.42 Å². The Morgan fingerprint density at radius 3 is 2.86 bits per heavy atom. The molecule has 1 amide bonds. The van der Waals surface area contributed by atoms with Crippen molar-refractivity contribution in [3.05, 3.63) is 71.0 Å². The number of hydrogen-bond donors (Lipinski definition) is 1. The Kier molecular flexibility index (Phi) is 5.25. The van der Waals surface area contributed by atoms with Crippen LogP contribution in [0.1, 0.15) is 11.1 Å². The Morgan fingerprint density at radius 2 is 1.96 bits per heavy atom. The Morgan fingerprint density at radius 1 is 1.11 bits per heavy atom. The van der Waals surface area contributed by atoms with E-state index in [4.69, 9.17) is 25.8 Å². The monoisotopic (exact) mass is 397 g/mol. The molecule has 0 unspecified atom stereocenters. The molecule has 3 aromatic rings. The van der Waals surface area contributed by atoms with Gasteiger partial charge in [0.1, 0.15) is 18.8 Å². The molecule has 0 bridgehead atoms. The van der Waals surface area contributed by atoms with Gasteiger partial charge < -0.3 is 19.5 Å². The number of amides is 1. The summed E-state index contributed by atoms with van der Waals surface area (Å²) in [5.41, 5.74) is 1.65. The summed E-state index contributed by atoms with van der Waals surface area (Å²) in [6.07, 6.45) is 1.48. The lowest BCUT2D eigenvalue weighted by atomic mass is 10.1. The number of fused-ring (bicyclic) bond motifs is 1. The predicted octanol–water partition coefficient (Wildman–Crippen LogP) is 3.62. The molecule has 0 atom stereocenters. The third-order valence-corrected chi connectivity index (χ3v) is 4.41. The molecule has 0 spiro atoms. The van der Waals surface area contributed by atoms with Gasteiger partial charge in [0.15, 0.2) is 11.5 Å². The van der Waals surface area contributed by atoms with Crippen molar-refractivity contribution < 1.29 is 19.0 Å². The molecule has 1 aromatic heterocycles. The largest absolute Gasteiger partial charge is 0.473 e. The van der Waals surface area contributed by atoms with Crippen molar-refractivity contribution in [2.45, 2.75) is 13.0 Å². The molecule has 0 aliphatic carbocycles. The van der Waals surface area contributed by atoms with Crippen molar-refractivity contribution in [2.24, 2.45) is 0 Å². The zero-order valence-corrected chi connectivity index (χ0v) is 15.5. The fraction of sp³-hybridized carbons (Fsp3) is 0.150. The maximum Gasteiger partial charge on any atom is 0.231 e. The van der Waals surface area contributed by atoms with Crippen molar-refractivity contribution in [2.75, 3.05) is 12.1 Å². The smallest absolute Gasteiger partial charge is 0.231 e. The van der Waals surface area contributed by atoms with E-state index in [1.807, 2.05) is 36.4 Å². The molecule has 4 rings (SSSR count). The van der Waals surface area contributed by atoms with E-state index >= 15 is 0 Å². The van der Waals surface area contributed by atoms with Crippen molar-refractivity contribution >= 4 is 23.3 Å². The van der Waals surface area contributed by atoms with Gasteiger partial charge in [-0.25, -0.2) is 9.97 Å². The van der Waals surface area contributed by atoms with Crippen LogP contribution < -0.4 is 19.5 Å². The van der Waals surface area contributed by atoms with Gasteiger partial charge in [-0.3, -0.25) is 4.79 Å². The first-order chi connectivity index (χ1) is 13.7. The molecule has 0 fully saturated rings. The average Bonchev–Trinajstić information content (AvgIpc) is 3.16. The lowest BCUT2D eigenvalue weighted by molar-refractivity contribution is -0.115. The third kappa shape index (κ3) is 4.32. The summed E-state index contributed by atoms with van der Waals surface area (Å²) in [5.74, 6) is 1.88. The van der Waals surface area contributed by atoms with Crippen LogP contribution >= 0.6 is 11.6 Å². The van der Waals surface area contributed by atoms with Crippen LogP contribution in [0.4, 0.5) is 5.82 Å². The van der Waals surface area contributed by atoms with Crippen molar-refractivity contribution in [1.82, 2.24) is 9.97 Å². The number of benzene rings is 2. The highest BCUT2D eigenvalue weighted by molar-refractivity contribution is 6.31. The Hall–Kier alpha value is -3.32. The van der Waals surface area contributed by atoms with Crippen LogP contribution in [-0.4, -0.2) is 22.7 Å². The number of rotatable bonds is 6. The average molecular weight is 398 g/mol. The number of carbonyl (C=O) groups excluding carboxylic acids is 1. The number of hydrogen-bond acceptors (Lipinski definition) is 6. The molecular formula is C20H16ClN3O4. The number of nitrogens with zero attached hydrogens (tertiary/aromatic N) is 2. The minimum atomic E-state index is -0.228. The highest BCUT2D eigenvalue weighted by atomic mass is 35.5. The van der Waals surface area contributed by atoms with Crippen molar-refractivity contribution in [1.29, 1.82) is 0 Å². The number of ether oxygens (including phenoxy) is 3. The molecule has 1 aliphatic heterocycles. The molecule has 142 valence electrons. The fourth-order valence-electron chi connectivity index (χ4n) is 2.68. The molecule has 7 nitrogen and oxygen atoms in total. The molecule has 1 N–H and O–H groups in total. The van der Waals surface area contributed by atoms with E-state index in [2.05, 4.69) is 15.3 Å². The molecule has 2 heterocycles. The second kappa shape index (κ2) is 8.14. The minimum absolute atomic E-state index is 0.150. The molecule has 0 saturated carbocycles. The first-order valence-electron chi connectivity index (χ1n) is 8.54. The predicted molar refractivity (Wildman–Crippen MR) is 103 cm³/mol. The van der Waals surface area contributed by atoms with Crippen LogP contribution in [0.25, 0.3) is 0 Å². The SMILES string of the molecule is O=C(Cc1ccccc1Cl)Nc1cc(OCc2ccc3c(c2)OCO3)ncn1. The topological polar surface area (TPSA) is 82.6 Å². The fourth-order valence-corrected chi connectivity index (χ4v) is 2.88. The number of anilines is 1. The maximum absolute atomic E-state index is 12.2. The lowest BCUT2D eigenvalue weighted by Crippen LogP contribution is -2.15. The third-order valence-electron chi connectivity index (χ3n) is 4.04. The van der Waals surface area contributed by atoms with Crippen molar-refractivity contribution in [3.63, 3.8) is 0 Å². The number of carbonyl (C=O) groups is 1. The van der Waals surface area contributed by atoms with Gasteiger partial charge in [-0.1, -0.05) is 35.9 Å². The summed E-state index contributed by atoms with van der Waals surface area (Å²) in [7, 11) is 0. The van der Waals surface area contributed by atoms with E-state index in [1.165, 1.54) is 6.33 Å². The molecule has 0 saturated heterocycles. The first-order valence-corrected chi connectivity index (χ1v) is 8.92. The molecule has 1 aliphatic rings. The quantitative estimate of drug-likeness (QED) is 0.684. The Labute approximate surface area is 166 Å². The van der Waals surface area contributed by atoms with Gasteiger partial charge in [0.2, 0.25) is 18.6 Å². The van der Waals surface area contributed by atoms with Gasteiger partial charge in [0, 0.05) is 11.1 Å². The second-order valence-corrected chi connectivity index (χ2v) is 6.44. The van der Waals surface area contributed by atoms with Crippen LogP contribution in [0, 0.1) is 0 Å². The van der Waals surface area contributed by atoms with Crippen LogP contribution in [0.2, 0.25) is 5.02 Å². The van der Waals surface area contributed by atoms with Crippen LogP contribution in [0.3, 0.4) is 0 Å². The van der Waals surface area contributed by atoms with E-state index in [0.29, 0.717) is 34.8 Å². The summed E-state index contributed by atoms with van der Waals surface area (Å²) < 4.78 is 16.3. The van der Waals surface area contributed by atoms with Gasteiger partial charge in [-0.05, 0) is 29.3 Å².